The quantitative estimate of drug-likeness (QED) is 0.571. The fourth-order valence-electron chi connectivity index (χ4n) is 2.42. The summed E-state index contributed by atoms with van der Waals surface area (Å²) in [7, 11) is 0. The second-order valence-electron chi connectivity index (χ2n) is 5.91. The summed E-state index contributed by atoms with van der Waals surface area (Å²) in [5.41, 5.74) is -0.351. The van der Waals surface area contributed by atoms with Gasteiger partial charge in [-0.25, -0.2) is 4.98 Å². The van der Waals surface area contributed by atoms with Gasteiger partial charge >= 0.3 is 6.18 Å². The number of carbonyl (C=O) groups excluding carboxylic acids is 2. The van der Waals surface area contributed by atoms with E-state index in [9.17, 15) is 22.8 Å². The largest absolute Gasteiger partial charge is 0.469 e. The summed E-state index contributed by atoms with van der Waals surface area (Å²) in [6.07, 6.45) is -3.42. The summed E-state index contributed by atoms with van der Waals surface area (Å²) in [6, 6.07) is 4.62. The summed E-state index contributed by atoms with van der Waals surface area (Å²) < 4.78 is 43.8. The topological polar surface area (TPSA) is 84.2 Å². The molecule has 0 aliphatic carbocycles. The third-order valence-corrected chi connectivity index (χ3v) is 4.91. The summed E-state index contributed by atoms with van der Waals surface area (Å²) in [6.45, 7) is 1.65. The van der Waals surface area contributed by atoms with Crippen molar-refractivity contribution < 1.29 is 27.2 Å². The first-order valence-corrected chi connectivity index (χ1v) is 9.35. The number of aromatic nitrogens is 1. The Kier molecular flexibility index (Phi) is 5.94. The highest BCUT2D eigenvalue weighted by Gasteiger charge is 2.33. The summed E-state index contributed by atoms with van der Waals surface area (Å²) in [4.78, 5) is 28.4. The zero-order valence-electron chi connectivity index (χ0n) is 14.8. The minimum absolute atomic E-state index is 0.0362. The number of anilines is 2. The molecule has 0 atom stereocenters. The number of hydrogen-bond donors (Lipinski definition) is 2. The van der Waals surface area contributed by atoms with E-state index >= 15 is 0 Å². The van der Waals surface area contributed by atoms with E-state index in [2.05, 4.69) is 15.6 Å². The highest BCUT2D eigenvalue weighted by atomic mass is 35.5. The zero-order valence-corrected chi connectivity index (χ0v) is 16.3. The lowest BCUT2D eigenvalue weighted by Crippen LogP contribution is -2.16. The molecule has 0 aliphatic heterocycles. The molecule has 2 N–H and O–H groups in total. The van der Waals surface area contributed by atoms with Gasteiger partial charge in [0.25, 0.3) is 5.91 Å². The Morgan fingerprint density at radius 1 is 1.24 bits per heavy atom. The van der Waals surface area contributed by atoms with Gasteiger partial charge in [-0.2, -0.15) is 13.2 Å². The first-order chi connectivity index (χ1) is 13.6. The molecule has 6 nitrogen and oxygen atoms in total. The van der Waals surface area contributed by atoms with E-state index in [1.165, 1.54) is 18.4 Å². The van der Waals surface area contributed by atoms with Gasteiger partial charge in [0.2, 0.25) is 5.91 Å². The molecule has 2 aromatic heterocycles. The van der Waals surface area contributed by atoms with E-state index in [4.69, 9.17) is 16.0 Å². The van der Waals surface area contributed by atoms with Gasteiger partial charge in [0.05, 0.1) is 34.5 Å². The van der Waals surface area contributed by atoms with Crippen LogP contribution in [-0.2, 0) is 17.4 Å². The van der Waals surface area contributed by atoms with Crippen molar-refractivity contribution >= 4 is 45.6 Å². The predicted molar refractivity (Wildman–Crippen MR) is 102 cm³/mol. The lowest BCUT2D eigenvalue weighted by molar-refractivity contribution is -0.137. The molecule has 3 rings (SSSR count). The van der Waals surface area contributed by atoms with E-state index in [1.54, 1.807) is 12.3 Å². The van der Waals surface area contributed by atoms with Crippen LogP contribution in [0.25, 0.3) is 0 Å². The first kappa shape index (κ1) is 20.9. The van der Waals surface area contributed by atoms with Crippen LogP contribution in [0.15, 0.2) is 40.3 Å². The van der Waals surface area contributed by atoms with Crippen molar-refractivity contribution in [2.45, 2.75) is 19.5 Å². The van der Waals surface area contributed by atoms with Crippen molar-refractivity contribution in [3.8, 4) is 0 Å². The van der Waals surface area contributed by atoms with Crippen LogP contribution in [0.5, 0.6) is 0 Å². The predicted octanol–water partition coefficient (Wildman–Crippen LogP) is 5.15. The monoisotopic (exact) mass is 443 g/mol. The van der Waals surface area contributed by atoms with Crippen LogP contribution < -0.4 is 10.6 Å². The molecule has 0 radical (unpaired) electrons. The van der Waals surface area contributed by atoms with Crippen molar-refractivity contribution in [3.05, 3.63) is 63.5 Å². The Morgan fingerprint density at radius 3 is 2.66 bits per heavy atom. The Balaban J connectivity index is 1.62. The Morgan fingerprint density at radius 2 is 2.00 bits per heavy atom. The Hall–Kier alpha value is -2.85. The van der Waals surface area contributed by atoms with E-state index in [1.807, 2.05) is 0 Å². The van der Waals surface area contributed by atoms with E-state index in [-0.39, 0.29) is 17.2 Å². The number of halogens is 4. The molecule has 2 heterocycles. The van der Waals surface area contributed by atoms with Crippen molar-refractivity contribution in [1.29, 1.82) is 0 Å². The van der Waals surface area contributed by atoms with Crippen molar-refractivity contribution in [2.75, 3.05) is 10.6 Å². The number of nitrogens with zero attached hydrogens (tertiary/aromatic N) is 1. The summed E-state index contributed by atoms with van der Waals surface area (Å²) >= 11 is 6.67. The third kappa shape index (κ3) is 5.15. The maximum Gasteiger partial charge on any atom is 0.417 e. The van der Waals surface area contributed by atoms with Gasteiger partial charge in [-0.15, -0.1) is 11.3 Å². The van der Waals surface area contributed by atoms with E-state index in [0.717, 1.165) is 23.5 Å². The Bertz CT molecular complexity index is 1060. The minimum Gasteiger partial charge on any atom is -0.469 e. The number of alkyl halides is 3. The molecule has 2 amide bonds. The standard InChI is InChI=1S/C18H13ClF3N3O3S/c1-9-12(4-5-28-9)16(27)25-17-24-11(8-29-17)7-15(26)23-10-2-3-14(19)13(6-10)18(20,21)22/h2-6,8H,7H2,1H3,(H,23,26)(H,24,25,27). The molecule has 0 bridgehead atoms. The molecule has 0 saturated carbocycles. The number of rotatable bonds is 5. The molecular formula is C18H13ClF3N3O3S. The Labute approximate surface area is 171 Å². The number of nitrogens with one attached hydrogen (secondary N) is 2. The second kappa shape index (κ2) is 8.26. The van der Waals surface area contributed by atoms with Gasteiger partial charge in [0.15, 0.2) is 5.13 Å². The van der Waals surface area contributed by atoms with Gasteiger partial charge in [-0.3, -0.25) is 14.9 Å². The molecule has 29 heavy (non-hydrogen) atoms. The molecule has 1 aromatic carbocycles. The first-order valence-electron chi connectivity index (χ1n) is 8.10. The molecule has 0 unspecified atom stereocenters. The van der Waals surface area contributed by atoms with Crippen LogP contribution in [0.4, 0.5) is 24.0 Å². The molecular weight excluding hydrogens is 431 g/mol. The lowest BCUT2D eigenvalue weighted by Gasteiger charge is -2.11. The number of carbonyl (C=O) groups is 2. The molecule has 3 aromatic rings. The van der Waals surface area contributed by atoms with Crippen LogP contribution in [0.2, 0.25) is 5.02 Å². The minimum atomic E-state index is -4.63. The number of aryl methyl sites for hydroxylation is 1. The summed E-state index contributed by atoms with van der Waals surface area (Å²) in [5.74, 6) is -0.503. The van der Waals surface area contributed by atoms with Crippen molar-refractivity contribution in [1.82, 2.24) is 4.98 Å². The van der Waals surface area contributed by atoms with Crippen LogP contribution in [0.1, 0.15) is 27.4 Å². The van der Waals surface area contributed by atoms with Gasteiger partial charge in [0.1, 0.15) is 5.76 Å². The maximum absolute atomic E-state index is 12.9. The number of benzene rings is 1. The van der Waals surface area contributed by atoms with Crippen LogP contribution >= 0.6 is 22.9 Å². The van der Waals surface area contributed by atoms with Crippen molar-refractivity contribution in [3.63, 3.8) is 0 Å². The fraction of sp³-hybridized carbons (Fsp3) is 0.167. The molecule has 0 spiro atoms. The van der Waals surface area contributed by atoms with Crippen LogP contribution in [0.3, 0.4) is 0 Å². The SMILES string of the molecule is Cc1occc1C(=O)Nc1nc(CC(=O)Nc2ccc(Cl)c(C(F)(F)F)c2)cs1. The number of furan rings is 1. The molecule has 152 valence electrons. The maximum atomic E-state index is 12.9. The fourth-order valence-corrected chi connectivity index (χ4v) is 3.35. The lowest BCUT2D eigenvalue weighted by atomic mass is 10.2. The number of hydrogen-bond acceptors (Lipinski definition) is 5. The molecule has 0 aliphatic rings. The second-order valence-corrected chi connectivity index (χ2v) is 7.17. The molecule has 11 heteroatoms. The smallest absolute Gasteiger partial charge is 0.417 e. The number of thiazole rings is 1. The van der Waals surface area contributed by atoms with Crippen LogP contribution in [0, 0.1) is 6.92 Å². The molecule has 0 fully saturated rings. The number of amides is 2. The van der Waals surface area contributed by atoms with Gasteiger partial charge in [-0.05, 0) is 31.2 Å². The van der Waals surface area contributed by atoms with E-state index < -0.39 is 28.6 Å². The normalized spacial score (nSPS) is 11.3. The average Bonchev–Trinajstić information content (AvgIpc) is 3.24. The van der Waals surface area contributed by atoms with Gasteiger partial charge < -0.3 is 9.73 Å². The zero-order chi connectivity index (χ0) is 21.2. The summed E-state index contributed by atoms with van der Waals surface area (Å²) in [5, 5.41) is 6.37. The third-order valence-electron chi connectivity index (χ3n) is 3.77. The molecule has 0 saturated heterocycles. The van der Waals surface area contributed by atoms with E-state index in [0.29, 0.717) is 17.0 Å². The highest BCUT2D eigenvalue weighted by molar-refractivity contribution is 7.14. The van der Waals surface area contributed by atoms with Crippen molar-refractivity contribution in [2.24, 2.45) is 0 Å². The average molecular weight is 444 g/mol. The van der Waals surface area contributed by atoms with Gasteiger partial charge in [-0.1, -0.05) is 11.6 Å². The van der Waals surface area contributed by atoms with Crippen LogP contribution in [-0.4, -0.2) is 16.8 Å². The highest BCUT2D eigenvalue weighted by Crippen LogP contribution is 2.36. The van der Waals surface area contributed by atoms with Gasteiger partial charge in [0, 0.05) is 11.1 Å².